The van der Waals surface area contributed by atoms with Crippen molar-refractivity contribution < 1.29 is 9.59 Å². The van der Waals surface area contributed by atoms with Crippen LogP contribution in [0, 0.1) is 5.92 Å². The fourth-order valence-corrected chi connectivity index (χ4v) is 6.43. The lowest BCUT2D eigenvalue weighted by molar-refractivity contribution is -0.126. The maximum atomic E-state index is 13.6. The van der Waals surface area contributed by atoms with Crippen molar-refractivity contribution in [3.05, 3.63) is 65.2 Å². The third kappa shape index (κ3) is 3.96. The van der Waals surface area contributed by atoms with E-state index >= 15 is 0 Å². The van der Waals surface area contributed by atoms with Crippen LogP contribution in [0.2, 0.25) is 0 Å². The molecule has 4 N–H and O–H groups in total. The van der Waals surface area contributed by atoms with E-state index in [0.29, 0.717) is 31.8 Å². The number of anilines is 1. The lowest BCUT2D eigenvalue weighted by atomic mass is 9.67. The summed E-state index contributed by atoms with van der Waals surface area (Å²) in [6, 6.07) is 16.2. The topological polar surface area (TPSA) is 87.5 Å². The van der Waals surface area contributed by atoms with Crippen molar-refractivity contribution in [1.29, 1.82) is 0 Å². The highest BCUT2D eigenvalue weighted by molar-refractivity contribution is 6.03. The van der Waals surface area contributed by atoms with Crippen LogP contribution in [0.4, 0.5) is 5.69 Å². The Hall–Kier alpha value is -2.70. The summed E-state index contributed by atoms with van der Waals surface area (Å²) in [5.41, 5.74) is 10.6. The first-order chi connectivity index (χ1) is 16.1. The summed E-state index contributed by atoms with van der Waals surface area (Å²) in [6.07, 6.45) is 5.16. The molecule has 0 saturated carbocycles. The molecule has 3 aliphatic rings. The van der Waals surface area contributed by atoms with Crippen LogP contribution in [0.3, 0.4) is 0 Å². The minimum absolute atomic E-state index is 0.0490. The van der Waals surface area contributed by atoms with E-state index in [2.05, 4.69) is 34.9 Å². The molecule has 2 aromatic rings. The summed E-state index contributed by atoms with van der Waals surface area (Å²) in [7, 11) is 0. The normalized spacial score (nSPS) is 22.8. The van der Waals surface area contributed by atoms with Gasteiger partial charge in [0.2, 0.25) is 11.8 Å². The number of carbonyl (C=O) groups excluding carboxylic acids is 2. The first-order valence-corrected chi connectivity index (χ1v) is 12.3. The van der Waals surface area contributed by atoms with Crippen molar-refractivity contribution in [2.24, 2.45) is 11.7 Å². The average Bonchev–Trinajstić information content (AvgIpc) is 3.38. The van der Waals surface area contributed by atoms with Crippen LogP contribution in [0.5, 0.6) is 0 Å². The molecule has 0 aromatic heterocycles. The van der Waals surface area contributed by atoms with Gasteiger partial charge in [0.15, 0.2) is 0 Å². The van der Waals surface area contributed by atoms with Gasteiger partial charge in [-0.2, -0.15) is 0 Å². The van der Waals surface area contributed by atoms with E-state index < -0.39 is 6.04 Å². The quantitative estimate of drug-likeness (QED) is 0.635. The highest BCUT2D eigenvalue weighted by Crippen LogP contribution is 2.50. The first-order valence-electron chi connectivity index (χ1n) is 12.3. The molecule has 1 spiro atoms. The monoisotopic (exact) mass is 446 g/mol. The van der Waals surface area contributed by atoms with E-state index in [1.54, 1.807) is 4.90 Å². The van der Waals surface area contributed by atoms with Crippen LogP contribution in [0.25, 0.3) is 0 Å². The number of amides is 2. The Morgan fingerprint density at radius 2 is 1.76 bits per heavy atom. The van der Waals surface area contributed by atoms with Crippen LogP contribution in [-0.4, -0.2) is 44.0 Å². The van der Waals surface area contributed by atoms with Crippen molar-refractivity contribution in [3.8, 4) is 0 Å². The Bertz CT molecular complexity index is 1030. The van der Waals surface area contributed by atoms with E-state index in [9.17, 15) is 9.59 Å². The molecule has 1 saturated heterocycles. The largest absolute Gasteiger partial charge is 0.353 e. The predicted molar refractivity (Wildman–Crippen MR) is 130 cm³/mol. The summed E-state index contributed by atoms with van der Waals surface area (Å²) in [4.78, 5) is 28.2. The standard InChI is InChI=1S/C27H34N4O2/c28-13-16-30-26(33)24-18-20-6-2-4-8-23(20)31(24)25(32)10-9-21-17-19-5-1-3-7-22(19)27(21)11-14-29-15-12-27/h1-8,21,24,29H,9-18,28H2,(H,30,33)/t21?,24-/m0/s1. The molecule has 2 aromatic carbocycles. The maximum absolute atomic E-state index is 13.6. The van der Waals surface area contributed by atoms with Gasteiger partial charge >= 0.3 is 0 Å². The van der Waals surface area contributed by atoms with Crippen LogP contribution >= 0.6 is 0 Å². The molecule has 0 bridgehead atoms. The molecule has 2 amide bonds. The van der Waals surface area contributed by atoms with Crippen LogP contribution < -0.4 is 21.3 Å². The fourth-order valence-electron chi connectivity index (χ4n) is 6.43. The molecule has 174 valence electrons. The molecule has 1 unspecified atom stereocenters. The number of nitrogens with zero attached hydrogens (tertiary/aromatic N) is 1. The summed E-state index contributed by atoms with van der Waals surface area (Å²) in [6.45, 7) is 2.87. The smallest absolute Gasteiger partial charge is 0.243 e. The van der Waals surface area contributed by atoms with E-state index in [1.165, 1.54) is 11.1 Å². The number of hydrogen-bond acceptors (Lipinski definition) is 4. The molecule has 0 radical (unpaired) electrons. The molecule has 2 aliphatic heterocycles. The summed E-state index contributed by atoms with van der Waals surface area (Å²) in [5.74, 6) is 0.393. The number of fused-ring (bicyclic) bond motifs is 3. The van der Waals surface area contributed by atoms with Gasteiger partial charge in [-0.3, -0.25) is 14.5 Å². The van der Waals surface area contributed by atoms with E-state index in [0.717, 1.165) is 50.0 Å². The van der Waals surface area contributed by atoms with E-state index in [-0.39, 0.29) is 17.2 Å². The lowest BCUT2D eigenvalue weighted by Crippen LogP contribution is -2.49. The molecular weight excluding hydrogens is 412 g/mol. The maximum Gasteiger partial charge on any atom is 0.243 e. The highest BCUT2D eigenvalue weighted by atomic mass is 16.2. The van der Waals surface area contributed by atoms with Crippen LogP contribution in [0.1, 0.15) is 42.4 Å². The summed E-state index contributed by atoms with van der Waals surface area (Å²) < 4.78 is 0. The molecular formula is C27H34N4O2. The Labute approximate surface area is 195 Å². The second-order valence-electron chi connectivity index (χ2n) is 9.70. The number of para-hydroxylation sites is 1. The van der Waals surface area contributed by atoms with Crippen molar-refractivity contribution >= 4 is 17.5 Å². The van der Waals surface area contributed by atoms with Crippen molar-refractivity contribution in [2.75, 3.05) is 31.1 Å². The average molecular weight is 447 g/mol. The van der Waals surface area contributed by atoms with E-state index in [4.69, 9.17) is 5.73 Å². The number of hydrogen-bond donors (Lipinski definition) is 3. The number of carbonyl (C=O) groups is 2. The Kier molecular flexibility index (Phi) is 6.21. The minimum atomic E-state index is -0.491. The third-order valence-electron chi connectivity index (χ3n) is 8.00. The summed E-state index contributed by atoms with van der Waals surface area (Å²) >= 11 is 0. The predicted octanol–water partition coefficient (Wildman–Crippen LogP) is 2.29. The number of nitrogens with one attached hydrogen (secondary N) is 2. The molecule has 1 aliphatic carbocycles. The zero-order valence-corrected chi connectivity index (χ0v) is 19.2. The highest BCUT2D eigenvalue weighted by Gasteiger charge is 2.47. The summed E-state index contributed by atoms with van der Waals surface area (Å²) in [5, 5.41) is 6.40. The van der Waals surface area contributed by atoms with Gasteiger partial charge in [0, 0.05) is 37.0 Å². The van der Waals surface area contributed by atoms with Crippen LogP contribution in [-0.2, 0) is 27.8 Å². The van der Waals surface area contributed by atoms with Gasteiger partial charge < -0.3 is 16.4 Å². The van der Waals surface area contributed by atoms with Gasteiger partial charge in [0.05, 0.1) is 0 Å². The van der Waals surface area contributed by atoms with Crippen molar-refractivity contribution in [3.63, 3.8) is 0 Å². The second kappa shape index (κ2) is 9.27. The minimum Gasteiger partial charge on any atom is -0.353 e. The Balaban J connectivity index is 1.35. The van der Waals surface area contributed by atoms with Gasteiger partial charge in [0.1, 0.15) is 6.04 Å². The number of rotatable bonds is 6. The number of benzene rings is 2. The zero-order chi connectivity index (χ0) is 22.8. The van der Waals surface area contributed by atoms with Gasteiger partial charge in [-0.05, 0) is 67.4 Å². The number of nitrogens with two attached hydrogens (primary N) is 1. The molecule has 6 heteroatoms. The SMILES string of the molecule is NCCNC(=O)[C@@H]1Cc2ccccc2N1C(=O)CCC1Cc2ccccc2C12CCNCC2. The molecule has 5 rings (SSSR count). The Morgan fingerprint density at radius 1 is 1.03 bits per heavy atom. The zero-order valence-electron chi connectivity index (χ0n) is 19.2. The van der Waals surface area contributed by atoms with Gasteiger partial charge in [-0.1, -0.05) is 42.5 Å². The van der Waals surface area contributed by atoms with Gasteiger partial charge in [-0.15, -0.1) is 0 Å². The number of piperidine rings is 1. The van der Waals surface area contributed by atoms with Gasteiger partial charge in [0.25, 0.3) is 0 Å². The second-order valence-corrected chi connectivity index (χ2v) is 9.70. The molecule has 33 heavy (non-hydrogen) atoms. The molecule has 1 fully saturated rings. The Morgan fingerprint density at radius 3 is 2.55 bits per heavy atom. The molecule has 6 nitrogen and oxygen atoms in total. The van der Waals surface area contributed by atoms with Crippen molar-refractivity contribution in [1.82, 2.24) is 10.6 Å². The van der Waals surface area contributed by atoms with E-state index in [1.807, 2.05) is 24.3 Å². The fraction of sp³-hybridized carbons (Fsp3) is 0.481. The van der Waals surface area contributed by atoms with Crippen molar-refractivity contribution in [2.45, 2.75) is 50.0 Å². The van der Waals surface area contributed by atoms with Crippen LogP contribution in [0.15, 0.2) is 48.5 Å². The first kappa shape index (κ1) is 22.1. The lowest BCUT2D eigenvalue weighted by Gasteiger charge is -2.40. The molecule has 2 atom stereocenters. The van der Waals surface area contributed by atoms with Gasteiger partial charge in [-0.25, -0.2) is 0 Å². The third-order valence-corrected chi connectivity index (χ3v) is 8.00. The molecule has 2 heterocycles.